The maximum absolute atomic E-state index is 9.07. The van der Waals surface area contributed by atoms with Gasteiger partial charge in [-0.15, -0.1) is 10.1 Å². The van der Waals surface area contributed by atoms with E-state index in [0.29, 0.717) is 0 Å². The van der Waals surface area contributed by atoms with Gasteiger partial charge in [-0.25, -0.2) is 4.57 Å². The maximum Gasteiger partial charge on any atom is 0.662 e. The largest absolute Gasteiger partial charge is 0.662 e. The van der Waals surface area contributed by atoms with E-state index in [-0.39, 0.29) is 0 Å². The smallest absolute Gasteiger partial charge is 0.405 e. The number of hydrogen-bond donors (Lipinski definition) is 5. The van der Waals surface area contributed by atoms with Crippen LogP contribution in [0.4, 0.5) is 0 Å². The van der Waals surface area contributed by atoms with Gasteiger partial charge in [-0.2, -0.15) is 0 Å². The molecule has 0 bridgehead atoms. The summed E-state index contributed by atoms with van der Waals surface area (Å²) < 4.78 is 12.0. The number of phosphoric acid groups is 1. The van der Waals surface area contributed by atoms with E-state index in [9.17, 15) is 0 Å². The Morgan fingerprint density at radius 3 is 1.58 bits per heavy atom. The first kappa shape index (κ1) is 13.9. The third kappa shape index (κ3) is 58.9. The van der Waals surface area contributed by atoms with Crippen LogP contribution in [-0.4, -0.2) is 37.1 Å². The Balaban J connectivity index is 0. The van der Waals surface area contributed by atoms with Gasteiger partial charge in [0.05, 0.1) is 0 Å². The molecule has 0 aliphatic carbocycles. The summed E-state index contributed by atoms with van der Waals surface area (Å²) in [7, 11) is -6.96. The van der Waals surface area contributed by atoms with Crippen molar-refractivity contribution in [3.05, 3.63) is 10.1 Å². The molecule has 0 heterocycles. The lowest BCUT2D eigenvalue weighted by molar-refractivity contribution is -0.724. The number of hydrogen-bond acceptors (Lipinski definition) is 6. The lowest BCUT2D eigenvalue weighted by Crippen LogP contribution is -2.20. The first-order valence-electron chi connectivity index (χ1n) is 2.08. The second kappa shape index (κ2) is 5.88. The number of rotatable bonds is 2. The van der Waals surface area contributed by atoms with Crippen molar-refractivity contribution in [1.82, 2.24) is 0 Å². The Labute approximate surface area is 65.5 Å². The van der Waals surface area contributed by atoms with E-state index in [0.717, 1.165) is 0 Å². The topological polar surface area (TPSA) is 171 Å². The summed E-state index contributed by atoms with van der Waals surface area (Å²) in [5.74, 6) is 0. The molecule has 0 fully saturated rings. The molecule has 10 nitrogen and oxygen atoms in total. The average Bonchev–Trinajstić information content (AvgIpc) is 1.52. The average molecular weight is 205 g/mol. The van der Waals surface area contributed by atoms with E-state index in [1.807, 2.05) is 0 Å². The molecular weight excluding hydrogens is 200 g/mol. The van der Waals surface area contributed by atoms with Crippen LogP contribution in [0.1, 0.15) is 0 Å². The zero-order chi connectivity index (χ0) is 10.4. The first-order valence-corrected chi connectivity index (χ1v) is 3.65. The molecule has 72 valence electrons. The molecule has 0 atom stereocenters. The molecule has 0 aromatic heterocycles. The van der Waals surface area contributed by atoms with Gasteiger partial charge in [0.15, 0.2) is 0 Å². The molecule has 0 saturated heterocycles. The van der Waals surface area contributed by atoms with Crippen LogP contribution >= 0.6 is 7.82 Å². The lowest BCUT2D eigenvalue weighted by Gasteiger charge is -1.89. The molecule has 12 heavy (non-hydrogen) atoms. The lowest BCUT2D eigenvalue weighted by atomic mass is 10.3. The molecule has 0 saturated carbocycles. The summed E-state index contributed by atoms with van der Waals surface area (Å²) in [6, 6.07) is 0. The zero-order valence-electron chi connectivity index (χ0n) is 5.34. The van der Waals surface area contributed by atoms with Gasteiger partial charge in [-0.3, -0.25) is 0 Å². The van der Waals surface area contributed by atoms with Crippen molar-refractivity contribution < 1.29 is 39.1 Å². The first-order chi connectivity index (χ1) is 5.13. The molecular formula is H5BNO9P. The van der Waals surface area contributed by atoms with E-state index in [1.165, 1.54) is 0 Å². The van der Waals surface area contributed by atoms with Crippen LogP contribution in [-0.2, 0) is 9.32 Å². The van der Waals surface area contributed by atoms with E-state index < -0.39 is 20.2 Å². The highest BCUT2D eigenvalue weighted by atomic mass is 31.2. The Hall–Kier alpha value is -0.705. The quantitative estimate of drug-likeness (QED) is 0.138. The van der Waals surface area contributed by atoms with E-state index in [1.54, 1.807) is 0 Å². The third-order valence-corrected chi connectivity index (χ3v) is 0.180. The van der Waals surface area contributed by atoms with Gasteiger partial charge in [0.2, 0.25) is 0 Å². The van der Waals surface area contributed by atoms with Gasteiger partial charge < -0.3 is 29.5 Å². The van der Waals surface area contributed by atoms with Gasteiger partial charge in [0, 0.05) is 0 Å². The Kier molecular flexibility index (Phi) is 6.79. The minimum Gasteiger partial charge on any atom is -0.405 e. The Morgan fingerprint density at radius 1 is 1.33 bits per heavy atom. The second-order valence-electron chi connectivity index (χ2n) is 1.17. The van der Waals surface area contributed by atoms with Gasteiger partial charge in [0.25, 0.3) is 5.09 Å². The fraction of sp³-hybridized carbons (Fsp3) is 0. The highest BCUT2D eigenvalue weighted by Crippen LogP contribution is 2.25. The van der Waals surface area contributed by atoms with Crippen molar-refractivity contribution in [1.29, 1.82) is 0 Å². The predicted molar refractivity (Wildman–Crippen MR) is 32.5 cm³/mol. The second-order valence-corrected chi connectivity index (χ2v) is 2.20. The summed E-state index contributed by atoms with van der Waals surface area (Å²) in [6.45, 7) is 0. The summed E-state index contributed by atoms with van der Waals surface area (Å²) in [6.07, 6.45) is 0. The maximum atomic E-state index is 9.07. The zero-order valence-corrected chi connectivity index (χ0v) is 6.24. The van der Waals surface area contributed by atoms with Crippen LogP contribution < -0.4 is 0 Å². The van der Waals surface area contributed by atoms with Gasteiger partial charge in [-0.1, -0.05) is 0 Å². The number of nitrogens with zero attached hydrogens (tertiary/aromatic N) is 1. The molecule has 5 N–H and O–H groups in total. The predicted octanol–water partition coefficient (Wildman–Crippen LogP) is -2.76. The molecule has 0 rings (SSSR count). The van der Waals surface area contributed by atoms with E-state index >= 15 is 0 Å². The van der Waals surface area contributed by atoms with E-state index in [4.69, 9.17) is 39.4 Å². The van der Waals surface area contributed by atoms with Crippen LogP contribution in [0.5, 0.6) is 0 Å². The van der Waals surface area contributed by atoms with Crippen molar-refractivity contribution in [2.45, 2.75) is 0 Å². The highest BCUT2D eigenvalue weighted by molar-refractivity contribution is 7.45. The van der Waals surface area contributed by atoms with Crippen molar-refractivity contribution in [3.8, 4) is 0 Å². The fourth-order valence-electron chi connectivity index (χ4n) is 0.0770. The van der Waals surface area contributed by atoms with E-state index in [2.05, 4.69) is 4.76 Å². The van der Waals surface area contributed by atoms with Crippen molar-refractivity contribution in [2.75, 3.05) is 0 Å². The molecule has 0 aromatic rings. The van der Waals surface area contributed by atoms with Gasteiger partial charge in [-0.05, 0) is 0 Å². The van der Waals surface area contributed by atoms with Gasteiger partial charge >= 0.3 is 15.1 Å². The molecule has 0 radical (unpaired) electrons. The van der Waals surface area contributed by atoms with Crippen LogP contribution in [0.15, 0.2) is 0 Å². The standard InChI is InChI=1S/BH2NO5.H3O4P/c3-1(4)7-2(5)6;1-5(2,3)4/h3-4H;(H3,1,2,3,4). The van der Waals surface area contributed by atoms with Crippen LogP contribution in [0, 0.1) is 10.1 Å². The minimum absolute atomic E-state index is 1.30. The SMILES string of the molecule is O=P(O)(O)O.O=[N+]([O-])OB(O)O. The van der Waals surface area contributed by atoms with Crippen molar-refractivity contribution in [3.63, 3.8) is 0 Å². The van der Waals surface area contributed by atoms with Crippen molar-refractivity contribution >= 4 is 15.1 Å². The highest BCUT2D eigenvalue weighted by Gasteiger charge is 2.11. The molecule has 0 spiro atoms. The van der Waals surface area contributed by atoms with Crippen molar-refractivity contribution in [2.24, 2.45) is 0 Å². The summed E-state index contributed by atoms with van der Waals surface area (Å²) in [4.78, 5) is 30.6. The molecule has 0 aromatic carbocycles. The van der Waals surface area contributed by atoms with Crippen LogP contribution in [0.2, 0.25) is 0 Å². The third-order valence-electron chi connectivity index (χ3n) is 0.180. The van der Waals surface area contributed by atoms with Crippen LogP contribution in [0.25, 0.3) is 0 Å². The fourth-order valence-corrected chi connectivity index (χ4v) is 0.0770. The minimum atomic E-state index is -4.64. The molecule has 12 heteroatoms. The monoisotopic (exact) mass is 205 g/mol. The summed E-state index contributed by atoms with van der Waals surface area (Å²) >= 11 is 0. The van der Waals surface area contributed by atoms with Gasteiger partial charge in [0.1, 0.15) is 0 Å². The Morgan fingerprint density at radius 2 is 1.58 bits per heavy atom. The van der Waals surface area contributed by atoms with Crippen LogP contribution in [0.3, 0.4) is 0 Å². The molecule has 0 aliphatic heterocycles. The summed E-state index contributed by atoms with van der Waals surface area (Å²) in [5.41, 5.74) is 0. The molecule has 0 amide bonds. The molecule has 0 unspecified atom stereocenters. The normalized spacial score (nSPS) is 9.42. The Bertz CT molecular complexity index is 161. The molecule has 0 aliphatic rings. The summed E-state index contributed by atoms with van der Waals surface area (Å²) in [5, 5.41) is 23.0.